The third-order valence-corrected chi connectivity index (χ3v) is 5.85. The molecule has 1 aliphatic heterocycles. The summed E-state index contributed by atoms with van der Waals surface area (Å²) in [5.41, 5.74) is 1.75. The Balaban J connectivity index is 1.71. The van der Waals surface area contributed by atoms with Crippen molar-refractivity contribution in [2.24, 2.45) is 7.05 Å². The zero-order valence-electron chi connectivity index (χ0n) is 14.4. The first-order chi connectivity index (χ1) is 12.2. The highest BCUT2D eigenvalue weighted by atomic mass is 32.1. The number of nitrogens with zero attached hydrogens (tertiary/aromatic N) is 3. The zero-order valence-corrected chi connectivity index (χ0v) is 15.3. The smallest absolute Gasteiger partial charge is 0.271 e. The number of piperidine rings is 1. The van der Waals surface area contributed by atoms with Crippen molar-refractivity contribution < 1.29 is 9.53 Å². The van der Waals surface area contributed by atoms with Crippen LogP contribution in [0.3, 0.4) is 0 Å². The van der Waals surface area contributed by atoms with Crippen LogP contribution >= 0.6 is 11.3 Å². The van der Waals surface area contributed by atoms with E-state index in [1.165, 1.54) is 0 Å². The van der Waals surface area contributed by atoms with Gasteiger partial charge in [-0.15, -0.1) is 11.3 Å². The maximum absolute atomic E-state index is 13.3. The molecule has 5 nitrogen and oxygen atoms in total. The molecule has 0 radical (unpaired) electrons. The molecular weight excluding hydrogens is 334 g/mol. The average Bonchev–Trinajstić information content (AvgIpc) is 3.29. The molecular formula is C19H21N3O2S. The van der Waals surface area contributed by atoms with Gasteiger partial charge in [0.1, 0.15) is 16.5 Å². The van der Waals surface area contributed by atoms with Crippen molar-refractivity contribution in [2.45, 2.75) is 25.3 Å². The van der Waals surface area contributed by atoms with Crippen LogP contribution < -0.4 is 4.74 Å². The summed E-state index contributed by atoms with van der Waals surface area (Å²) in [6.45, 7) is 0.786. The number of ether oxygens (including phenoxy) is 1. The number of thiazole rings is 1. The van der Waals surface area contributed by atoms with Gasteiger partial charge < -0.3 is 14.2 Å². The fourth-order valence-electron chi connectivity index (χ4n) is 3.64. The van der Waals surface area contributed by atoms with Gasteiger partial charge in [0.15, 0.2) is 0 Å². The standard InChI is InChI=1S/C19H21N3O2S/c1-21-15-7-6-14(24-2)11-13(15)12-17(21)19(23)22-9-4-3-5-16(22)18-20-8-10-25-18/h6-8,10-12,16H,3-5,9H2,1-2H3/t16-/m0/s1. The molecule has 0 spiro atoms. The van der Waals surface area contributed by atoms with Gasteiger partial charge in [0.2, 0.25) is 0 Å². The van der Waals surface area contributed by atoms with Gasteiger partial charge in [-0.05, 0) is 43.5 Å². The molecule has 1 aliphatic rings. The fourth-order valence-corrected chi connectivity index (χ4v) is 4.42. The van der Waals surface area contributed by atoms with Crippen molar-refractivity contribution in [1.82, 2.24) is 14.5 Å². The lowest BCUT2D eigenvalue weighted by atomic mass is 10.0. The van der Waals surface area contributed by atoms with Crippen molar-refractivity contribution in [3.63, 3.8) is 0 Å². The van der Waals surface area contributed by atoms with Crippen LogP contribution in [-0.4, -0.2) is 34.0 Å². The third-order valence-electron chi connectivity index (χ3n) is 4.97. The average molecular weight is 355 g/mol. The second-order valence-corrected chi connectivity index (χ2v) is 7.32. The summed E-state index contributed by atoms with van der Waals surface area (Å²) in [5.74, 6) is 0.883. The lowest BCUT2D eigenvalue weighted by molar-refractivity contribution is 0.0602. The second-order valence-electron chi connectivity index (χ2n) is 6.39. The molecule has 0 bridgehead atoms. The number of rotatable bonds is 3. The van der Waals surface area contributed by atoms with Crippen LogP contribution in [-0.2, 0) is 7.05 Å². The molecule has 1 saturated heterocycles. The summed E-state index contributed by atoms with van der Waals surface area (Å²) in [4.78, 5) is 19.8. The Kier molecular flexibility index (Phi) is 4.21. The Morgan fingerprint density at radius 1 is 1.32 bits per heavy atom. The molecule has 1 aromatic carbocycles. The molecule has 1 atom stereocenters. The van der Waals surface area contributed by atoms with Crippen molar-refractivity contribution in [2.75, 3.05) is 13.7 Å². The van der Waals surface area contributed by atoms with E-state index in [9.17, 15) is 4.79 Å². The monoisotopic (exact) mass is 355 g/mol. The SMILES string of the molecule is COc1ccc2c(c1)cc(C(=O)N1CCCC[C@H]1c1nccs1)n2C. The molecule has 1 amide bonds. The number of benzene rings is 1. The quantitative estimate of drug-likeness (QED) is 0.713. The summed E-state index contributed by atoms with van der Waals surface area (Å²) in [6.07, 6.45) is 4.99. The number of carbonyl (C=O) groups is 1. The van der Waals surface area contributed by atoms with Crippen LogP contribution in [0.4, 0.5) is 0 Å². The fraction of sp³-hybridized carbons (Fsp3) is 0.368. The molecule has 1 fully saturated rings. The molecule has 0 aliphatic carbocycles. The van der Waals surface area contributed by atoms with Crippen LogP contribution in [0.15, 0.2) is 35.8 Å². The minimum Gasteiger partial charge on any atom is -0.497 e. The van der Waals surface area contributed by atoms with Crippen LogP contribution in [0.25, 0.3) is 10.9 Å². The molecule has 3 aromatic rings. The van der Waals surface area contributed by atoms with Crippen LogP contribution in [0.2, 0.25) is 0 Å². The number of hydrogen-bond acceptors (Lipinski definition) is 4. The first-order valence-corrected chi connectivity index (χ1v) is 9.41. The second kappa shape index (κ2) is 6.52. The third kappa shape index (κ3) is 2.80. The van der Waals surface area contributed by atoms with Crippen LogP contribution in [0, 0.1) is 0 Å². The van der Waals surface area contributed by atoms with Gasteiger partial charge in [-0.1, -0.05) is 0 Å². The number of aryl methyl sites for hydroxylation is 1. The molecule has 0 saturated carbocycles. The van der Waals surface area contributed by atoms with E-state index in [1.807, 2.05) is 52.4 Å². The van der Waals surface area contributed by atoms with Crippen LogP contribution in [0.5, 0.6) is 5.75 Å². The van der Waals surface area contributed by atoms with E-state index in [4.69, 9.17) is 4.74 Å². The summed E-state index contributed by atoms with van der Waals surface area (Å²) >= 11 is 1.63. The van der Waals surface area contributed by atoms with E-state index in [0.717, 1.165) is 47.5 Å². The Hall–Kier alpha value is -2.34. The van der Waals surface area contributed by atoms with E-state index in [1.54, 1.807) is 18.4 Å². The summed E-state index contributed by atoms with van der Waals surface area (Å²) < 4.78 is 7.28. The molecule has 0 unspecified atom stereocenters. The number of methoxy groups -OCH3 is 1. The first kappa shape index (κ1) is 16.1. The van der Waals surface area contributed by atoms with Crippen LogP contribution in [0.1, 0.15) is 40.8 Å². The Bertz CT molecular complexity index is 901. The summed E-state index contributed by atoms with van der Waals surface area (Å²) in [6, 6.07) is 7.96. The minimum absolute atomic E-state index is 0.0811. The molecule has 4 rings (SSSR count). The maximum atomic E-state index is 13.3. The summed E-state index contributed by atoms with van der Waals surface area (Å²) in [5, 5.41) is 4.04. The van der Waals surface area contributed by atoms with E-state index in [0.29, 0.717) is 5.69 Å². The maximum Gasteiger partial charge on any atom is 0.271 e. The largest absolute Gasteiger partial charge is 0.497 e. The zero-order chi connectivity index (χ0) is 17.4. The van der Waals surface area contributed by atoms with Gasteiger partial charge in [0.25, 0.3) is 5.91 Å². The lowest BCUT2D eigenvalue weighted by Crippen LogP contribution is -2.39. The number of amides is 1. The topological polar surface area (TPSA) is 47.4 Å². The Morgan fingerprint density at radius 3 is 2.96 bits per heavy atom. The van der Waals surface area contributed by atoms with Crippen molar-refractivity contribution >= 4 is 28.1 Å². The number of fused-ring (bicyclic) bond motifs is 1. The highest BCUT2D eigenvalue weighted by molar-refractivity contribution is 7.09. The van der Waals surface area contributed by atoms with Crippen molar-refractivity contribution in [3.05, 3.63) is 46.5 Å². The van der Waals surface area contributed by atoms with Gasteiger partial charge in [-0.25, -0.2) is 4.98 Å². The molecule has 2 aromatic heterocycles. The highest BCUT2D eigenvalue weighted by Crippen LogP contribution is 2.34. The Labute approximate surface area is 150 Å². The van der Waals surface area contributed by atoms with E-state index in [2.05, 4.69) is 4.98 Å². The first-order valence-electron chi connectivity index (χ1n) is 8.53. The number of carbonyl (C=O) groups excluding carboxylic acids is 1. The number of aromatic nitrogens is 2. The van der Waals surface area contributed by atoms with E-state index < -0.39 is 0 Å². The Morgan fingerprint density at radius 2 is 2.20 bits per heavy atom. The molecule has 130 valence electrons. The summed E-state index contributed by atoms with van der Waals surface area (Å²) in [7, 11) is 3.60. The predicted octanol–water partition coefficient (Wildman–Crippen LogP) is 4.01. The van der Waals surface area contributed by atoms with Gasteiger partial charge in [0.05, 0.1) is 13.2 Å². The van der Waals surface area contributed by atoms with E-state index in [-0.39, 0.29) is 11.9 Å². The van der Waals surface area contributed by atoms with Crippen molar-refractivity contribution in [1.29, 1.82) is 0 Å². The lowest BCUT2D eigenvalue weighted by Gasteiger charge is -2.34. The molecule has 6 heteroatoms. The van der Waals surface area contributed by atoms with Gasteiger partial charge in [-0.2, -0.15) is 0 Å². The normalized spacial score (nSPS) is 17.8. The molecule has 0 N–H and O–H groups in total. The number of likely N-dealkylation sites (tertiary alicyclic amines) is 1. The van der Waals surface area contributed by atoms with Crippen molar-refractivity contribution in [3.8, 4) is 5.75 Å². The predicted molar refractivity (Wildman–Crippen MR) is 99.2 cm³/mol. The van der Waals surface area contributed by atoms with Gasteiger partial charge in [-0.3, -0.25) is 4.79 Å². The van der Waals surface area contributed by atoms with Gasteiger partial charge >= 0.3 is 0 Å². The highest BCUT2D eigenvalue weighted by Gasteiger charge is 2.31. The molecule has 3 heterocycles. The number of hydrogen-bond donors (Lipinski definition) is 0. The van der Waals surface area contributed by atoms with Gasteiger partial charge in [0, 0.05) is 36.1 Å². The van der Waals surface area contributed by atoms with E-state index >= 15 is 0 Å². The minimum atomic E-state index is 0.0811. The molecule has 25 heavy (non-hydrogen) atoms.